The number of carbonyl (C=O) groups excluding carboxylic acids is 2. The monoisotopic (exact) mass is 487 g/mol. The van der Waals surface area contributed by atoms with Crippen molar-refractivity contribution in [3.05, 3.63) is 83.9 Å². The number of fused-ring (bicyclic) bond motifs is 1. The summed E-state index contributed by atoms with van der Waals surface area (Å²) in [5.41, 5.74) is 3.63. The van der Waals surface area contributed by atoms with Crippen LogP contribution in [-0.4, -0.2) is 55.3 Å². The fourth-order valence-electron chi connectivity index (χ4n) is 4.64. The van der Waals surface area contributed by atoms with Crippen LogP contribution in [0.5, 0.6) is 5.75 Å². The molecular formula is C28H29N3O3S. The molecule has 2 aliphatic heterocycles. The van der Waals surface area contributed by atoms with E-state index in [9.17, 15) is 9.59 Å². The molecule has 5 rings (SSSR count). The molecule has 2 aliphatic rings. The molecular weight excluding hydrogens is 458 g/mol. The van der Waals surface area contributed by atoms with Crippen molar-refractivity contribution >= 4 is 35.0 Å². The van der Waals surface area contributed by atoms with Gasteiger partial charge in [-0.15, -0.1) is 11.8 Å². The van der Waals surface area contributed by atoms with Gasteiger partial charge in [0.1, 0.15) is 5.75 Å². The Morgan fingerprint density at radius 2 is 1.66 bits per heavy atom. The van der Waals surface area contributed by atoms with E-state index in [4.69, 9.17) is 4.74 Å². The molecule has 7 heteroatoms. The second-order valence-electron chi connectivity index (χ2n) is 8.62. The maximum absolute atomic E-state index is 13.3. The molecule has 0 aromatic heterocycles. The predicted molar refractivity (Wildman–Crippen MR) is 141 cm³/mol. The van der Waals surface area contributed by atoms with Crippen LogP contribution in [0.1, 0.15) is 22.8 Å². The van der Waals surface area contributed by atoms with Gasteiger partial charge in [-0.05, 0) is 48.9 Å². The molecule has 1 saturated heterocycles. The Labute approximate surface area is 210 Å². The first-order chi connectivity index (χ1) is 17.1. The van der Waals surface area contributed by atoms with Crippen molar-refractivity contribution in [1.82, 2.24) is 4.90 Å². The summed E-state index contributed by atoms with van der Waals surface area (Å²) in [6, 6.07) is 23.7. The molecule has 0 saturated carbocycles. The van der Waals surface area contributed by atoms with Crippen molar-refractivity contribution in [2.45, 2.75) is 18.4 Å². The first-order valence-corrected chi connectivity index (χ1v) is 13.0. The molecule has 0 atom stereocenters. The number of para-hydroxylation sites is 3. The summed E-state index contributed by atoms with van der Waals surface area (Å²) in [7, 11) is 0. The van der Waals surface area contributed by atoms with Crippen molar-refractivity contribution in [3.8, 4) is 5.75 Å². The van der Waals surface area contributed by atoms with E-state index in [-0.39, 0.29) is 11.8 Å². The summed E-state index contributed by atoms with van der Waals surface area (Å²) in [5.74, 6) is 1.45. The summed E-state index contributed by atoms with van der Waals surface area (Å²) < 4.78 is 5.79. The van der Waals surface area contributed by atoms with Gasteiger partial charge in [0.2, 0.25) is 5.91 Å². The highest BCUT2D eigenvalue weighted by atomic mass is 32.2. The van der Waals surface area contributed by atoms with E-state index >= 15 is 0 Å². The summed E-state index contributed by atoms with van der Waals surface area (Å²) >= 11 is 1.58. The third-order valence-electron chi connectivity index (χ3n) is 6.40. The van der Waals surface area contributed by atoms with Gasteiger partial charge in [0.25, 0.3) is 5.91 Å². The maximum atomic E-state index is 13.3. The standard InChI is InChI=1S/C28H29N3O3S/c1-2-34-25-12-5-3-10-23(25)29-14-16-30(17-15-29)28(33)22-9-7-8-21(18-22)19-31-24-11-4-6-13-26(24)35-20-27(31)32/h3-13,18H,2,14-17,19-20H2,1H3. The molecule has 0 aliphatic carbocycles. The Morgan fingerprint density at radius 1 is 0.914 bits per heavy atom. The summed E-state index contributed by atoms with van der Waals surface area (Å²) in [6.07, 6.45) is 0. The largest absolute Gasteiger partial charge is 0.492 e. The van der Waals surface area contributed by atoms with Crippen molar-refractivity contribution < 1.29 is 14.3 Å². The van der Waals surface area contributed by atoms with Crippen LogP contribution in [0, 0.1) is 0 Å². The average molecular weight is 488 g/mol. The van der Waals surface area contributed by atoms with Gasteiger partial charge < -0.3 is 19.4 Å². The number of benzene rings is 3. The molecule has 0 N–H and O–H groups in total. The van der Waals surface area contributed by atoms with Crippen LogP contribution >= 0.6 is 11.8 Å². The van der Waals surface area contributed by atoms with Crippen molar-refractivity contribution in [2.24, 2.45) is 0 Å². The molecule has 0 bridgehead atoms. The third kappa shape index (κ3) is 5.00. The minimum absolute atomic E-state index is 0.0329. The summed E-state index contributed by atoms with van der Waals surface area (Å²) in [5, 5.41) is 0. The fraction of sp³-hybridized carbons (Fsp3) is 0.286. The molecule has 3 aromatic rings. The zero-order valence-corrected chi connectivity index (χ0v) is 20.7. The van der Waals surface area contributed by atoms with Crippen LogP contribution < -0.4 is 14.5 Å². The number of thioether (sulfide) groups is 1. The highest BCUT2D eigenvalue weighted by Crippen LogP contribution is 2.36. The van der Waals surface area contributed by atoms with Gasteiger partial charge in [-0.2, -0.15) is 0 Å². The second-order valence-corrected chi connectivity index (χ2v) is 9.63. The molecule has 180 valence electrons. The number of hydrogen-bond acceptors (Lipinski definition) is 5. The lowest BCUT2D eigenvalue weighted by Crippen LogP contribution is -2.48. The van der Waals surface area contributed by atoms with Crippen LogP contribution in [-0.2, 0) is 11.3 Å². The zero-order valence-electron chi connectivity index (χ0n) is 19.9. The van der Waals surface area contributed by atoms with E-state index < -0.39 is 0 Å². The van der Waals surface area contributed by atoms with Gasteiger partial charge in [-0.3, -0.25) is 9.59 Å². The maximum Gasteiger partial charge on any atom is 0.253 e. The molecule has 0 spiro atoms. The van der Waals surface area contributed by atoms with E-state index in [1.807, 2.05) is 83.5 Å². The van der Waals surface area contributed by atoms with Crippen LogP contribution in [0.4, 0.5) is 11.4 Å². The number of anilines is 2. The summed E-state index contributed by atoms with van der Waals surface area (Å²) in [6.45, 7) is 5.88. The predicted octanol–water partition coefficient (Wildman–Crippen LogP) is 4.69. The highest BCUT2D eigenvalue weighted by Gasteiger charge is 2.26. The fourth-order valence-corrected chi connectivity index (χ4v) is 5.58. The number of rotatable bonds is 6. The lowest BCUT2D eigenvalue weighted by molar-refractivity contribution is -0.116. The number of ether oxygens (including phenoxy) is 1. The summed E-state index contributed by atoms with van der Waals surface area (Å²) in [4.78, 5) is 33.1. The van der Waals surface area contributed by atoms with Gasteiger partial charge in [-0.1, -0.05) is 36.4 Å². The minimum atomic E-state index is 0.0329. The van der Waals surface area contributed by atoms with Gasteiger partial charge in [0.05, 0.1) is 30.3 Å². The molecule has 1 fully saturated rings. The van der Waals surface area contributed by atoms with Crippen LogP contribution in [0.3, 0.4) is 0 Å². The number of amides is 2. The first-order valence-electron chi connectivity index (χ1n) is 12.0. The van der Waals surface area contributed by atoms with Crippen molar-refractivity contribution in [3.63, 3.8) is 0 Å². The Hall–Kier alpha value is -3.45. The third-order valence-corrected chi connectivity index (χ3v) is 7.44. The molecule has 35 heavy (non-hydrogen) atoms. The lowest BCUT2D eigenvalue weighted by atomic mass is 10.1. The van der Waals surface area contributed by atoms with Gasteiger partial charge >= 0.3 is 0 Å². The highest BCUT2D eigenvalue weighted by molar-refractivity contribution is 8.00. The van der Waals surface area contributed by atoms with E-state index in [0.29, 0.717) is 37.6 Å². The Balaban J connectivity index is 1.26. The first kappa shape index (κ1) is 23.3. The smallest absolute Gasteiger partial charge is 0.253 e. The van der Waals surface area contributed by atoms with Crippen LogP contribution in [0.2, 0.25) is 0 Å². The molecule has 3 aromatic carbocycles. The Kier molecular flexibility index (Phi) is 6.95. The van der Waals surface area contributed by atoms with E-state index in [2.05, 4.69) is 11.0 Å². The lowest BCUT2D eigenvalue weighted by Gasteiger charge is -2.36. The molecule has 0 unspecified atom stereocenters. The van der Waals surface area contributed by atoms with E-state index in [1.54, 1.807) is 11.8 Å². The van der Waals surface area contributed by atoms with E-state index in [0.717, 1.165) is 40.7 Å². The molecule has 2 heterocycles. The van der Waals surface area contributed by atoms with Gasteiger partial charge in [0, 0.05) is 36.6 Å². The van der Waals surface area contributed by atoms with Gasteiger partial charge in [-0.25, -0.2) is 0 Å². The number of nitrogens with zero attached hydrogens (tertiary/aromatic N) is 3. The molecule has 2 amide bonds. The quantitative estimate of drug-likeness (QED) is 0.505. The molecule has 6 nitrogen and oxygen atoms in total. The van der Waals surface area contributed by atoms with Crippen LogP contribution in [0.25, 0.3) is 0 Å². The number of hydrogen-bond donors (Lipinski definition) is 0. The Morgan fingerprint density at radius 3 is 2.46 bits per heavy atom. The van der Waals surface area contributed by atoms with Crippen molar-refractivity contribution in [2.75, 3.05) is 48.3 Å². The molecule has 0 radical (unpaired) electrons. The zero-order chi connectivity index (χ0) is 24.2. The average Bonchev–Trinajstić information content (AvgIpc) is 2.91. The number of piperazine rings is 1. The van der Waals surface area contributed by atoms with Gasteiger partial charge in [0.15, 0.2) is 0 Å². The van der Waals surface area contributed by atoms with Crippen molar-refractivity contribution in [1.29, 1.82) is 0 Å². The SMILES string of the molecule is CCOc1ccccc1N1CCN(C(=O)c2cccc(CN3C(=O)CSc4ccccc43)c2)CC1. The Bertz CT molecular complexity index is 1220. The van der Waals surface area contributed by atoms with Crippen LogP contribution in [0.15, 0.2) is 77.7 Å². The van der Waals surface area contributed by atoms with E-state index in [1.165, 1.54) is 0 Å². The number of carbonyl (C=O) groups is 2. The topological polar surface area (TPSA) is 53.1 Å². The minimum Gasteiger partial charge on any atom is -0.492 e. The second kappa shape index (κ2) is 10.4. The normalized spacial score (nSPS) is 15.7.